The first-order valence-corrected chi connectivity index (χ1v) is 10.8. The number of piperidine rings is 1. The van der Waals surface area contributed by atoms with Crippen molar-refractivity contribution in [1.29, 1.82) is 0 Å². The molecule has 0 aliphatic carbocycles. The van der Waals surface area contributed by atoms with E-state index >= 15 is 0 Å². The highest BCUT2D eigenvalue weighted by molar-refractivity contribution is 5.94. The van der Waals surface area contributed by atoms with E-state index in [1.54, 1.807) is 4.90 Å². The van der Waals surface area contributed by atoms with Gasteiger partial charge in [-0.2, -0.15) is 0 Å². The van der Waals surface area contributed by atoms with E-state index in [0.717, 1.165) is 17.7 Å². The Balaban J connectivity index is 1.45. The van der Waals surface area contributed by atoms with Gasteiger partial charge in [-0.1, -0.05) is 48.5 Å². The van der Waals surface area contributed by atoms with Crippen LogP contribution in [0.15, 0.2) is 84.9 Å². The number of anilines is 1. The number of likely N-dealkylation sites (tertiary alicyclic amines) is 1. The van der Waals surface area contributed by atoms with Crippen LogP contribution in [0.5, 0.6) is 0 Å². The quantitative estimate of drug-likeness (QED) is 0.588. The molecule has 1 N–H and O–H groups in total. The molecule has 164 valence electrons. The lowest BCUT2D eigenvalue weighted by atomic mass is 9.96. The Morgan fingerprint density at radius 1 is 0.938 bits per heavy atom. The SMILES string of the molecule is O=C(NN(Cc1ccccc1)c1ccccc1)[C@H]1CCCN(C(=O)c2ccc(F)cc2)C1. The summed E-state index contributed by atoms with van der Waals surface area (Å²) in [5.74, 6) is -0.972. The maximum Gasteiger partial charge on any atom is 0.253 e. The predicted octanol–water partition coefficient (Wildman–Crippen LogP) is 4.42. The number of amides is 2. The number of nitrogens with one attached hydrogen (secondary N) is 1. The molecule has 1 atom stereocenters. The van der Waals surface area contributed by atoms with Crippen molar-refractivity contribution < 1.29 is 14.0 Å². The minimum atomic E-state index is -0.378. The third kappa shape index (κ3) is 5.32. The third-order valence-electron chi connectivity index (χ3n) is 5.67. The summed E-state index contributed by atoms with van der Waals surface area (Å²) in [7, 11) is 0. The van der Waals surface area contributed by atoms with E-state index in [9.17, 15) is 14.0 Å². The second-order valence-electron chi connectivity index (χ2n) is 7.98. The summed E-state index contributed by atoms with van der Waals surface area (Å²) in [6.45, 7) is 1.46. The fraction of sp³-hybridized carbons (Fsp3) is 0.231. The zero-order chi connectivity index (χ0) is 22.3. The van der Waals surface area contributed by atoms with Gasteiger partial charge < -0.3 is 4.90 Å². The molecular formula is C26H26FN3O2. The molecular weight excluding hydrogens is 405 g/mol. The first kappa shape index (κ1) is 21.6. The van der Waals surface area contributed by atoms with E-state index in [4.69, 9.17) is 0 Å². The Kier molecular flexibility index (Phi) is 6.80. The molecule has 3 aromatic carbocycles. The van der Waals surface area contributed by atoms with Crippen molar-refractivity contribution >= 4 is 17.5 Å². The maximum atomic E-state index is 13.2. The molecule has 0 bridgehead atoms. The topological polar surface area (TPSA) is 52.7 Å². The summed E-state index contributed by atoms with van der Waals surface area (Å²) in [6, 6.07) is 25.2. The van der Waals surface area contributed by atoms with Crippen LogP contribution in [0.2, 0.25) is 0 Å². The lowest BCUT2D eigenvalue weighted by molar-refractivity contribution is -0.126. The zero-order valence-corrected chi connectivity index (χ0v) is 17.8. The molecule has 1 aliphatic heterocycles. The molecule has 4 rings (SSSR count). The normalized spacial score (nSPS) is 15.8. The molecule has 0 radical (unpaired) electrons. The zero-order valence-electron chi connectivity index (χ0n) is 17.8. The van der Waals surface area contributed by atoms with Crippen LogP contribution in [0.25, 0.3) is 0 Å². The summed E-state index contributed by atoms with van der Waals surface area (Å²) < 4.78 is 13.2. The van der Waals surface area contributed by atoms with Crippen molar-refractivity contribution in [2.75, 3.05) is 18.1 Å². The predicted molar refractivity (Wildman–Crippen MR) is 122 cm³/mol. The number of rotatable bonds is 6. The minimum Gasteiger partial charge on any atom is -0.338 e. The molecule has 3 aromatic rings. The number of halogens is 1. The van der Waals surface area contributed by atoms with Crippen molar-refractivity contribution in [3.05, 3.63) is 102 Å². The molecule has 0 aromatic heterocycles. The number of carbonyl (C=O) groups excluding carboxylic acids is 2. The van der Waals surface area contributed by atoms with E-state index in [1.165, 1.54) is 24.3 Å². The molecule has 6 heteroatoms. The number of hydrogen-bond donors (Lipinski definition) is 1. The molecule has 1 aliphatic rings. The lowest BCUT2D eigenvalue weighted by Crippen LogP contribution is -2.50. The molecule has 32 heavy (non-hydrogen) atoms. The molecule has 1 fully saturated rings. The van der Waals surface area contributed by atoms with Gasteiger partial charge in [0.15, 0.2) is 0 Å². The van der Waals surface area contributed by atoms with Crippen LogP contribution in [0.4, 0.5) is 10.1 Å². The molecule has 1 heterocycles. The number of benzene rings is 3. The lowest BCUT2D eigenvalue weighted by Gasteiger charge is -2.34. The van der Waals surface area contributed by atoms with E-state index in [0.29, 0.717) is 31.6 Å². The second kappa shape index (κ2) is 10.1. The van der Waals surface area contributed by atoms with Gasteiger partial charge >= 0.3 is 0 Å². The van der Waals surface area contributed by atoms with E-state index in [1.807, 2.05) is 65.7 Å². The van der Waals surface area contributed by atoms with Crippen LogP contribution in [-0.2, 0) is 11.3 Å². The van der Waals surface area contributed by atoms with Gasteiger partial charge in [0.25, 0.3) is 5.91 Å². The average molecular weight is 432 g/mol. The Hall–Kier alpha value is -3.67. The second-order valence-corrected chi connectivity index (χ2v) is 7.98. The van der Waals surface area contributed by atoms with Crippen LogP contribution in [0.3, 0.4) is 0 Å². The first-order valence-electron chi connectivity index (χ1n) is 10.8. The van der Waals surface area contributed by atoms with E-state index < -0.39 is 0 Å². The summed E-state index contributed by atoms with van der Waals surface area (Å²) >= 11 is 0. The molecule has 2 amide bonds. The number of hydrazine groups is 1. The fourth-order valence-corrected chi connectivity index (χ4v) is 3.94. The van der Waals surface area contributed by atoms with E-state index in [2.05, 4.69) is 5.43 Å². The van der Waals surface area contributed by atoms with Crippen molar-refractivity contribution in [2.45, 2.75) is 19.4 Å². The van der Waals surface area contributed by atoms with Gasteiger partial charge in [0.05, 0.1) is 18.2 Å². The van der Waals surface area contributed by atoms with Gasteiger partial charge in [-0.3, -0.25) is 20.0 Å². The number of carbonyl (C=O) groups is 2. The van der Waals surface area contributed by atoms with Gasteiger partial charge in [-0.05, 0) is 54.8 Å². The Morgan fingerprint density at radius 3 is 2.28 bits per heavy atom. The Morgan fingerprint density at radius 2 is 1.59 bits per heavy atom. The molecule has 0 saturated carbocycles. The molecule has 1 saturated heterocycles. The van der Waals surface area contributed by atoms with Gasteiger partial charge in [0, 0.05) is 18.7 Å². The summed E-state index contributed by atoms with van der Waals surface area (Å²) in [4.78, 5) is 27.7. The number of hydrogen-bond acceptors (Lipinski definition) is 3. The largest absolute Gasteiger partial charge is 0.338 e. The molecule has 0 unspecified atom stereocenters. The van der Waals surface area contributed by atoms with Crippen molar-refractivity contribution in [3.8, 4) is 0 Å². The highest BCUT2D eigenvalue weighted by Gasteiger charge is 2.30. The third-order valence-corrected chi connectivity index (χ3v) is 5.67. The monoisotopic (exact) mass is 431 g/mol. The smallest absolute Gasteiger partial charge is 0.253 e. The van der Waals surface area contributed by atoms with Crippen molar-refractivity contribution in [3.63, 3.8) is 0 Å². The van der Waals surface area contributed by atoms with Crippen molar-refractivity contribution in [2.24, 2.45) is 5.92 Å². The first-order chi connectivity index (χ1) is 15.6. The number of nitrogens with zero attached hydrogens (tertiary/aromatic N) is 2. The average Bonchev–Trinajstić information content (AvgIpc) is 2.85. The van der Waals surface area contributed by atoms with Crippen LogP contribution in [0.1, 0.15) is 28.8 Å². The van der Waals surface area contributed by atoms with Crippen LogP contribution >= 0.6 is 0 Å². The Bertz CT molecular complexity index is 1040. The van der Waals surface area contributed by atoms with E-state index in [-0.39, 0.29) is 23.5 Å². The Labute approximate surface area is 187 Å². The van der Waals surface area contributed by atoms with Gasteiger partial charge in [-0.25, -0.2) is 4.39 Å². The number of para-hydroxylation sites is 1. The van der Waals surface area contributed by atoms with Crippen LogP contribution in [-0.4, -0.2) is 29.8 Å². The highest BCUT2D eigenvalue weighted by atomic mass is 19.1. The fourth-order valence-electron chi connectivity index (χ4n) is 3.94. The van der Waals surface area contributed by atoms with Crippen molar-refractivity contribution in [1.82, 2.24) is 10.3 Å². The molecule has 5 nitrogen and oxygen atoms in total. The van der Waals surface area contributed by atoms with Gasteiger partial charge in [0.2, 0.25) is 5.91 Å². The van der Waals surface area contributed by atoms with Crippen LogP contribution < -0.4 is 10.4 Å². The van der Waals surface area contributed by atoms with Gasteiger partial charge in [-0.15, -0.1) is 0 Å². The summed E-state index contributed by atoms with van der Waals surface area (Å²) in [5.41, 5.74) is 5.46. The maximum absolute atomic E-state index is 13.2. The van der Waals surface area contributed by atoms with Gasteiger partial charge in [0.1, 0.15) is 5.82 Å². The summed E-state index contributed by atoms with van der Waals surface area (Å²) in [5, 5.41) is 1.85. The van der Waals surface area contributed by atoms with Crippen LogP contribution in [0, 0.1) is 11.7 Å². The minimum absolute atomic E-state index is 0.110. The standard InChI is InChI=1S/C26H26FN3O2/c27-23-15-13-21(14-16-23)26(32)29-17-7-10-22(19-29)25(31)28-30(24-11-5-2-6-12-24)18-20-8-3-1-4-9-20/h1-6,8-9,11-16,22H,7,10,17-19H2,(H,28,31)/t22-/m0/s1. The summed E-state index contributed by atoms with van der Waals surface area (Å²) in [6.07, 6.45) is 1.46. The molecule has 0 spiro atoms. The highest BCUT2D eigenvalue weighted by Crippen LogP contribution is 2.21.